The molecule has 0 aliphatic carbocycles. The highest BCUT2D eigenvalue weighted by Gasteiger charge is 2.44. The summed E-state index contributed by atoms with van der Waals surface area (Å²) < 4.78 is 22.9. The van der Waals surface area contributed by atoms with Crippen molar-refractivity contribution in [2.45, 2.75) is 301 Å². The Kier molecular flexibility index (Phi) is 43.8. The molecule has 1 aliphatic heterocycles. The number of esters is 1. The summed E-state index contributed by atoms with van der Waals surface area (Å²) in [7, 11) is 0. The Morgan fingerprint density at radius 2 is 0.873 bits per heavy atom. The van der Waals surface area contributed by atoms with Gasteiger partial charge in [-0.1, -0.05) is 231 Å². The van der Waals surface area contributed by atoms with Gasteiger partial charge in [-0.05, 0) is 38.5 Å². The summed E-state index contributed by atoms with van der Waals surface area (Å²) in [5.74, 6) is -0.308. The van der Waals surface area contributed by atoms with E-state index in [2.05, 4.69) is 26.0 Å². The highest BCUT2D eigenvalue weighted by atomic mass is 16.7. The molecule has 374 valence electrons. The van der Waals surface area contributed by atoms with E-state index in [1.165, 1.54) is 212 Å². The van der Waals surface area contributed by atoms with Crippen molar-refractivity contribution in [1.29, 1.82) is 0 Å². The lowest BCUT2D eigenvalue weighted by atomic mass is 9.99. The standard InChI is InChI=1S/C54H104O9/c1-3-5-7-9-11-13-15-17-19-21-22-23-24-25-26-27-28-29-31-33-35-37-39-41-43-50(56)62-48(47-61-54-53(59)52(58)51(57)49(45-55)63-54)46-60-44-42-40-38-36-34-32-30-20-18-16-14-12-10-8-6-4-2/h18,20,48-49,51-55,57-59H,3-17,19,21-47H2,1-2H3/b20-18-. The largest absolute Gasteiger partial charge is 0.457 e. The molecular weight excluding hydrogens is 793 g/mol. The summed E-state index contributed by atoms with van der Waals surface area (Å²) in [6.07, 6.45) is 46.8. The summed E-state index contributed by atoms with van der Waals surface area (Å²) in [6, 6.07) is 0. The van der Waals surface area contributed by atoms with Gasteiger partial charge in [0.15, 0.2) is 6.29 Å². The maximum absolute atomic E-state index is 12.9. The Hall–Kier alpha value is -1.07. The molecule has 1 aliphatic rings. The molecule has 0 aromatic carbocycles. The first-order valence-corrected chi connectivity index (χ1v) is 27.3. The average Bonchev–Trinajstić information content (AvgIpc) is 3.28. The van der Waals surface area contributed by atoms with Gasteiger partial charge in [0, 0.05) is 13.0 Å². The van der Waals surface area contributed by atoms with E-state index in [0.717, 1.165) is 32.1 Å². The van der Waals surface area contributed by atoms with Crippen LogP contribution in [0.15, 0.2) is 12.2 Å². The molecule has 6 atom stereocenters. The maximum atomic E-state index is 12.9. The Morgan fingerprint density at radius 1 is 0.492 bits per heavy atom. The minimum atomic E-state index is -1.53. The smallest absolute Gasteiger partial charge is 0.306 e. The number of aliphatic hydroxyl groups excluding tert-OH is 4. The average molecular weight is 897 g/mol. The van der Waals surface area contributed by atoms with E-state index in [1.54, 1.807) is 0 Å². The van der Waals surface area contributed by atoms with Crippen LogP contribution in [0.1, 0.15) is 264 Å². The lowest BCUT2D eigenvalue weighted by molar-refractivity contribution is -0.305. The molecule has 0 saturated carbocycles. The van der Waals surface area contributed by atoms with E-state index in [-0.39, 0.29) is 19.2 Å². The van der Waals surface area contributed by atoms with Crippen LogP contribution in [0.4, 0.5) is 0 Å². The SMILES string of the molecule is CCCCCCCC/C=C\CCCCCCCCOCC(COC1OC(CO)C(O)C(O)C1O)OC(=O)CCCCCCCCCCCCCCCCCCCCCCCCCC. The minimum Gasteiger partial charge on any atom is -0.457 e. The summed E-state index contributed by atoms with van der Waals surface area (Å²) in [6.45, 7) is 4.60. The van der Waals surface area contributed by atoms with E-state index < -0.39 is 43.4 Å². The van der Waals surface area contributed by atoms with Gasteiger partial charge in [0.05, 0.1) is 19.8 Å². The van der Waals surface area contributed by atoms with Gasteiger partial charge in [0.1, 0.15) is 30.5 Å². The zero-order chi connectivity index (χ0) is 45.7. The minimum absolute atomic E-state index is 0.110. The topological polar surface area (TPSA) is 135 Å². The quantitative estimate of drug-likeness (QED) is 0.0267. The second-order valence-electron chi connectivity index (χ2n) is 19.0. The number of carbonyl (C=O) groups excluding carboxylic acids is 1. The van der Waals surface area contributed by atoms with Crippen molar-refractivity contribution in [3.8, 4) is 0 Å². The third kappa shape index (κ3) is 36.7. The van der Waals surface area contributed by atoms with E-state index in [1.807, 2.05) is 0 Å². The third-order valence-corrected chi connectivity index (χ3v) is 12.9. The van der Waals surface area contributed by atoms with Gasteiger partial charge in [-0.3, -0.25) is 4.79 Å². The van der Waals surface area contributed by atoms with Gasteiger partial charge in [-0.2, -0.15) is 0 Å². The first-order valence-electron chi connectivity index (χ1n) is 27.3. The molecule has 9 nitrogen and oxygen atoms in total. The normalized spacial score (nSPS) is 19.6. The van der Waals surface area contributed by atoms with Crippen LogP contribution < -0.4 is 0 Å². The predicted molar refractivity (Wildman–Crippen MR) is 261 cm³/mol. The first kappa shape index (κ1) is 59.9. The van der Waals surface area contributed by atoms with Crippen molar-refractivity contribution in [2.75, 3.05) is 26.4 Å². The van der Waals surface area contributed by atoms with Crippen LogP contribution in [0, 0.1) is 0 Å². The molecule has 0 spiro atoms. The zero-order valence-electron chi connectivity index (χ0n) is 41.4. The summed E-state index contributed by atoms with van der Waals surface area (Å²) in [4.78, 5) is 12.9. The van der Waals surface area contributed by atoms with Gasteiger partial charge >= 0.3 is 5.97 Å². The van der Waals surface area contributed by atoms with Gasteiger partial charge in [-0.15, -0.1) is 0 Å². The lowest BCUT2D eigenvalue weighted by Crippen LogP contribution is -2.59. The highest BCUT2D eigenvalue weighted by Crippen LogP contribution is 2.23. The Bertz CT molecular complexity index is 977. The number of carbonyl (C=O) groups is 1. The fourth-order valence-electron chi connectivity index (χ4n) is 8.67. The van der Waals surface area contributed by atoms with Crippen LogP contribution in [-0.4, -0.2) is 89.6 Å². The van der Waals surface area contributed by atoms with Crippen LogP contribution in [0.25, 0.3) is 0 Å². The number of hydrogen-bond acceptors (Lipinski definition) is 9. The van der Waals surface area contributed by atoms with E-state index in [4.69, 9.17) is 18.9 Å². The molecule has 0 bridgehead atoms. The van der Waals surface area contributed by atoms with E-state index in [9.17, 15) is 25.2 Å². The number of allylic oxidation sites excluding steroid dienone is 2. The van der Waals surface area contributed by atoms with E-state index >= 15 is 0 Å². The molecule has 1 saturated heterocycles. The number of ether oxygens (including phenoxy) is 4. The van der Waals surface area contributed by atoms with Crippen LogP contribution in [0.2, 0.25) is 0 Å². The van der Waals surface area contributed by atoms with Crippen molar-refractivity contribution in [3.05, 3.63) is 12.2 Å². The van der Waals surface area contributed by atoms with Crippen molar-refractivity contribution < 1.29 is 44.2 Å². The molecule has 0 aromatic rings. The van der Waals surface area contributed by atoms with Gasteiger partial charge in [0.2, 0.25) is 0 Å². The molecule has 1 fully saturated rings. The molecule has 0 amide bonds. The zero-order valence-corrected chi connectivity index (χ0v) is 41.4. The predicted octanol–water partition coefficient (Wildman–Crippen LogP) is 13.5. The summed E-state index contributed by atoms with van der Waals surface area (Å²) >= 11 is 0. The first-order chi connectivity index (χ1) is 30.9. The second kappa shape index (κ2) is 46.1. The molecule has 0 aromatic heterocycles. The van der Waals surface area contributed by atoms with Gasteiger partial charge in [0.25, 0.3) is 0 Å². The summed E-state index contributed by atoms with van der Waals surface area (Å²) in [5, 5.41) is 40.3. The van der Waals surface area contributed by atoms with Crippen molar-refractivity contribution in [1.82, 2.24) is 0 Å². The van der Waals surface area contributed by atoms with Crippen LogP contribution >= 0.6 is 0 Å². The second-order valence-corrected chi connectivity index (χ2v) is 19.0. The molecule has 1 rings (SSSR count). The van der Waals surface area contributed by atoms with Crippen molar-refractivity contribution >= 4 is 5.97 Å². The third-order valence-electron chi connectivity index (χ3n) is 12.9. The van der Waals surface area contributed by atoms with Gasteiger partial charge < -0.3 is 39.4 Å². The van der Waals surface area contributed by atoms with E-state index in [0.29, 0.717) is 13.0 Å². The molecule has 4 N–H and O–H groups in total. The molecule has 6 unspecified atom stereocenters. The molecule has 9 heteroatoms. The monoisotopic (exact) mass is 897 g/mol. The molecule has 1 heterocycles. The summed E-state index contributed by atoms with van der Waals surface area (Å²) in [5.41, 5.74) is 0. The van der Waals surface area contributed by atoms with Crippen LogP contribution in [0.5, 0.6) is 0 Å². The number of aliphatic hydroxyl groups is 4. The van der Waals surface area contributed by atoms with Crippen molar-refractivity contribution in [2.24, 2.45) is 0 Å². The van der Waals surface area contributed by atoms with Crippen molar-refractivity contribution in [3.63, 3.8) is 0 Å². The Balaban J connectivity index is 2.15. The highest BCUT2D eigenvalue weighted by molar-refractivity contribution is 5.69. The maximum Gasteiger partial charge on any atom is 0.306 e. The Labute approximate surface area is 388 Å². The number of hydrogen-bond donors (Lipinski definition) is 4. The molecular formula is C54H104O9. The number of rotatable bonds is 48. The van der Waals surface area contributed by atoms with Crippen LogP contribution in [-0.2, 0) is 23.7 Å². The van der Waals surface area contributed by atoms with Gasteiger partial charge in [-0.25, -0.2) is 0 Å². The molecule has 0 radical (unpaired) electrons. The number of unbranched alkanes of at least 4 members (excludes halogenated alkanes) is 35. The van der Waals surface area contributed by atoms with Crippen LogP contribution in [0.3, 0.4) is 0 Å². The molecule has 63 heavy (non-hydrogen) atoms. The lowest BCUT2D eigenvalue weighted by Gasteiger charge is -2.39. The fourth-order valence-corrected chi connectivity index (χ4v) is 8.67. The Morgan fingerprint density at radius 3 is 1.29 bits per heavy atom. The fraction of sp³-hybridized carbons (Fsp3) is 0.944.